The number of hydrogen-bond donors (Lipinski definition) is 1. The lowest BCUT2D eigenvalue weighted by Crippen LogP contribution is -2.25. The number of carbonyl (C=O) groups is 1. The SMILES string of the molecule is CCc1noc(C)c1C(=O)Nc1cnc(-c2cc3c(cc2Cl)OC(F)(F)O3)cn1. The van der Waals surface area contributed by atoms with E-state index in [9.17, 15) is 13.6 Å². The van der Waals surface area contributed by atoms with E-state index in [1.54, 1.807) is 6.92 Å². The molecule has 0 atom stereocenters. The molecule has 8 nitrogen and oxygen atoms in total. The van der Waals surface area contributed by atoms with Gasteiger partial charge in [-0.15, -0.1) is 8.78 Å². The maximum absolute atomic E-state index is 13.2. The molecule has 3 aromatic rings. The molecule has 11 heteroatoms. The van der Waals surface area contributed by atoms with Crippen LogP contribution in [0.1, 0.15) is 28.7 Å². The molecule has 3 heterocycles. The van der Waals surface area contributed by atoms with Gasteiger partial charge in [-0.3, -0.25) is 9.78 Å². The summed E-state index contributed by atoms with van der Waals surface area (Å²) >= 11 is 6.14. The van der Waals surface area contributed by atoms with Crippen molar-refractivity contribution in [2.24, 2.45) is 0 Å². The molecule has 1 amide bonds. The highest BCUT2D eigenvalue weighted by Gasteiger charge is 2.43. The second-order valence-electron chi connectivity index (χ2n) is 6.10. The van der Waals surface area contributed by atoms with Gasteiger partial charge in [0.2, 0.25) is 0 Å². The molecule has 0 fully saturated rings. The molecule has 1 N–H and O–H groups in total. The van der Waals surface area contributed by atoms with Crippen LogP contribution in [0.25, 0.3) is 11.3 Å². The van der Waals surface area contributed by atoms with E-state index in [1.165, 1.54) is 24.5 Å². The van der Waals surface area contributed by atoms with Gasteiger partial charge in [0, 0.05) is 11.6 Å². The number of nitrogens with one attached hydrogen (secondary N) is 1. The Kier molecular flexibility index (Phi) is 4.58. The highest BCUT2D eigenvalue weighted by Crippen LogP contribution is 2.45. The quantitative estimate of drug-likeness (QED) is 0.671. The van der Waals surface area contributed by atoms with Crippen molar-refractivity contribution in [2.45, 2.75) is 26.6 Å². The second kappa shape index (κ2) is 6.96. The van der Waals surface area contributed by atoms with E-state index < -0.39 is 12.2 Å². The number of aryl methyl sites for hydroxylation is 2. The number of alkyl halides is 2. The van der Waals surface area contributed by atoms with Crippen LogP contribution in [0.3, 0.4) is 0 Å². The van der Waals surface area contributed by atoms with E-state index in [-0.39, 0.29) is 22.3 Å². The Balaban J connectivity index is 1.56. The molecular formula is C18H13ClF2N4O4. The number of nitrogens with zero attached hydrogens (tertiary/aromatic N) is 3. The van der Waals surface area contributed by atoms with Crippen molar-refractivity contribution < 1.29 is 27.6 Å². The fourth-order valence-electron chi connectivity index (χ4n) is 2.83. The monoisotopic (exact) mass is 422 g/mol. The van der Waals surface area contributed by atoms with Gasteiger partial charge in [0.15, 0.2) is 17.3 Å². The number of aromatic nitrogens is 3. The first-order valence-corrected chi connectivity index (χ1v) is 8.83. The van der Waals surface area contributed by atoms with Crippen molar-refractivity contribution in [1.29, 1.82) is 0 Å². The average molecular weight is 423 g/mol. The highest BCUT2D eigenvalue weighted by molar-refractivity contribution is 6.33. The summed E-state index contributed by atoms with van der Waals surface area (Å²) in [4.78, 5) is 20.8. The zero-order valence-corrected chi connectivity index (χ0v) is 15.9. The molecule has 0 bridgehead atoms. The zero-order valence-electron chi connectivity index (χ0n) is 15.1. The standard InChI is InChI=1S/C18H13ClF2N4O4/c1-3-11-16(8(2)29-25-11)17(26)24-15-7-22-12(6-23-15)9-4-13-14(5-10(9)19)28-18(20,21)27-13/h4-7H,3H2,1-2H3,(H,23,24,26). The third-order valence-corrected chi connectivity index (χ3v) is 4.47. The van der Waals surface area contributed by atoms with Gasteiger partial charge >= 0.3 is 6.29 Å². The van der Waals surface area contributed by atoms with Crippen LogP contribution in [-0.2, 0) is 6.42 Å². The fraction of sp³-hybridized carbons (Fsp3) is 0.222. The fourth-order valence-corrected chi connectivity index (χ4v) is 3.08. The molecule has 0 unspecified atom stereocenters. The Morgan fingerprint density at radius 1 is 1.21 bits per heavy atom. The predicted octanol–water partition coefficient (Wildman–Crippen LogP) is 4.23. The molecule has 29 heavy (non-hydrogen) atoms. The summed E-state index contributed by atoms with van der Waals surface area (Å²) in [5, 5.41) is 6.58. The molecule has 150 valence electrons. The smallest absolute Gasteiger partial charge is 0.395 e. The van der Waals surface area contributed by atoms with E-state index in [0.29, 0.717) is 34.7 Å². The topological polar surface area (TPSA) is 99.4 Å². The van der Waals surface area contributed by atoms with Crippen molar-refractivity contribution >= 4 is 23.3 Å². The minimum absolute atomic E-state index is 0.129. The second-order valence-corrected chi connectivity index (χ2v) is 6.51. The Morgan fingerprint density at radius 3 is 2.59 bits per heavy atom. The lowest BCUT2D eigenvalue weighted by Gasteiger charge is -2.07. The first-order chi connectivity index (χ1) is 13.8. The lowest BCUT2D eigenvalue weighted by molar-refractivity contribution is -0.286. The molecule has 1 aromatic carbocycles. The number of carbonyl (C=O) groups excluding carboxylic acids is 1. The van der Waals surface area contributed by atoms with Gasteiger partial charge in [0.25, 0.3) is 5.91 Å². The largest absolute Gasteiger partial charge is 0.586 e. The molecule has 4 rings (SSSR count). The van der Waals surface area contributed by atoms with Gasteiger partial charge in [0.05, 0.1) is 28.8 Å². The molecule has 2 aromatic heterocycles. The van der Waals surface area contributed by atoms with Gasteiger partial charge < -0.3 is 19.3 Å². The van der Waals surface area contributed by atoms with Gasteiger partial charge in [0.1, 0.15) is 11.3 Å². The summed E-state index contributed by atoms with van der Waals surface area (Å²) in [5.74, 6) is -0.177. The third-order valence-electron chi connectivity index (χ3n) is 4.16. The maximum atomic E-state index is 13.2. The number of amides is 1. The molecule has 1 aliphatic heterocycles. The Morgan fingerprint density at radius 2 is 1.93 bits per heavy atom. The third kappa shape index (κ3) is 3.58. The summed E-state index contributed by atoms with van der Waals surface area (Å²) in [7, 11) is 0. The van der Waals surface area contributed by atoms with Crippen LogP contribution in [-0.4, -0.2) is 27.3 Å². The van der Waals surface area contributed by atoms with Gasteiger partial charge in [-0.2, -0.15) is 0 Å². The van der Waals surface area contributed by atoms with Gasteiger partial charge in [-0.25, -0.2) is 4.98 Å². The Hall–Kier alpha value is -3.27. The number of ether oxygens (including phenoxy) is 2. The molecule has 0 radical (unpaired) electrons. The van der Waals surface area contributed by atoms with Crippen molar-refractivity contribution in [2.75, 3.05) is 5.32 Å². The van der Waals surface area contributed by atoms with Crippen molar-refractivity contribution in [1.82, 2.24) is 15.1 Å². The van der Waals surface area contributed by atoms with Crippen molar-refractivity contribution in [3.05, 3.63) is 46.6 Å². The van der Waals surface area contributed by atoms with Crippen LogP contribution in [0.5, 0.6) is 11.5 Å². The molecule has 0 spiro atoms. The number of fused-ring (bicyclic) bond motifs is 1. The number of hydrogen-bond acceptors (Lipinski definition) is 7. The number of benzene rings is 1. The van der Waals surface area contributed by atoms with Crippen molar-refractivity contribution in [3.8, 4) is 22.8 Å². The van der Waals surface area contributed by atoms with Gasteiger partial charge in [-0.05, 0) is 19.4 Å². The lowest BCUT2D eigenvalue weighted by atomic mass is 10.1. The number of rotatable bonds is 4. The van der Waals surface area contributed by atoms with Crippen LogP contribution < -0.4 is 14.8 Å². The zero-order chi connectivity index (χ0) is 20.8. The van der Waals surface area contributed by atoms with E-state index >= 15 is 0 Å². The molecule has 0 saturated heterocycles. The van der Waals surface area contributed by atoms with Crippen LogP contribution in [0.2, 0.25) is 5.02 Å². The Bertz CT molecular complexity index is 1100. The van der Waals surface area contributed by atoms with Crippen LogP contribution in [0.15, 0.2) is 29.0 Å². The summed E-state index contributed by atoms with van der Waals surface area (Å²) in [5.41, 5.74) is 1.50. The molecular weight excluding hydrogens is 410 g/mol. The molecule has 1 aliphatic rings. The minimum atomic E-state index is -3.75. The Labute approximate surface area is 167 Å². The summed E-state index contributed by atoms with van der Waals surface area (Å²) in [6.45, 7) is 3.49. The van der Waals surface area contributed by atoms with E-state index in [0.717, 1.165) is 0 Å². The average Bonchev–Trinajstić information content (AvgIpc) is 3.19. The maximum Gasteiger partial charge on any atom is 0.586 e. The van der Waals surface area contributed by atoms with Crippen molar-refractivity contribution in [3.63, 3.8) is 0 Å². The van der Waals surface area contributed by atoms with Crippen LogP contribution in [0.4, 0.5) is 14.6 Å². The minimum Gasteiger partial charge on any atom is -0.395 e. The summed E-state index contributed by atoms with van der Waals surface area (Å²) in [6, 6.07) is 2.50. The summed E-state index contributed by atoms with van der Waals surface area (Å²) < 4.78 is 40.3. The summed E-state index contributed by atoms with van der Waals surface area (Å²) in [6.07, 6.45) is -0.552. The van der Waals surface area contributed by atoms with E-state index in [1.807, 2.05) is 6.92 Å². The van der Waals surface area contributed by atoms with Gasteiger partial charge in [-0.1, -0.05) is 23.7 Å². The van der Waals surface area contributed by atoms with Crippen LogP contribution >= 0.6 is 11.6 Å². The first-order valence-electron chi connectivity index (χ1n) is 8.45. The number of halogens is 3. The normalized spacial score (nSPS) is 14.1. The molecule has 0 saturated carbocycles. The highest BCUT2D eigenvalue weighted by atomic mass is 35.5. The van der Waals surface area contributed by atoms with Crippen LogP contribution in [0, 0.1) is 6.92 Å². The first kappa shape index (κ1) is 19.1. The molecule has 0 aliphatic carbocycles. The van der Waals surface area contributed by atoms with E-state index in [4.69, 9.17) is 16.1 Å². The van der Waals surface area contributed by atoms with E-state index in [2.05, 4.69) is 29.9 Å². The number of anilines is 1. The predicted molar refractivity (Wildman–Crippen MR) is 97.3 cm³/mol.